The average Bonchev–Trinajstić information content (AvgIpc) is 2.28. The number of nitrogens with zero attached hydrogens (tertiary/aromatic N) is 1. The number of piperidine rings is 2. The summed E-state index contributed by atoms with van der Waals surface area (Å²) in [7, 11) is 0. The molecule has 0 N–H and O–H groups in total. The van der Waals surface area contributed by atoms with Crippen molar-refractivity contribution in [3.8, 4) is 0 Å². The van der Waals surface area contributed by atoms with E-state index in [1.807, 2.05) is 6.92 Å². The van der Waals surface area contributed by atoms with E-state index in [4.69, 9.17) is 4.74 Å². The van der Waals surface area contributed by atoms with Crippen LogP contribution in [-0.2, 0) is 9.53 Å². The van der Waals surface area contributed by atoms with Crippen molar-refractivity contribution >= 4 is 5.97 Å². The maximum absolute atomic E-state index is 11.8. The van der Waals surface area contributed by atoms with Gasteiger partial charge >= 0.3 is 5.97 Å². The summed E-state index contributed by atoms with van der Waals surface area (Å²) in [5, 5.41) is 0. The Hall–Kier alpha value is -0.570. The van der Waals surface area contributed by atoms with Crippen molar-refractivity contribution in [1.29, 1.82) is 0 Å². The van der Waals surface area contributed by atoms with E-state index in [0.29, 0.717) is 12.6 Å². The van der Waals surface area contributed by atoms with E-state index in [1.54, 1.807) is 0 Å². The molecule has 0 aliphatic carbocycles. The summed E-state index contributed by atoms with van der Waals surface area (Å²) in [6, 6.07) is 0.478. The van der Waals surface area contributed by atoms with E-state index >= 15 is 0 Å². The zero-order valence-corrected chi connectivity index (χ0v) is 9.58. The van der Waals surface area contributed by atoms with E-state index in [0.717, 1.165) is 12.8 Å². The number of carbonyl (C=O) groups is 1. The van der Waals surface area contributed by atoms with E-state index < -0.39 is 0 Å². The first-order valence-electron chi connectivity index (χ1n) is 6.23. The van der Waals surface area contributed by atoms with Crippen molar-refractivity contribution in [2.24, 2.45) is 5.92 Å². The molecule has 0 bridgehead atoms. The van der Waals surface area contributed by atoms with E-state index in [9.17, 15) is 4.79 Å². The number of hydrogen-bond donors (Lipinski definition) is 0. The molecule has 2 aliphatic rings. The van der Waals surface area contributed by atoms with Gasteiger partial charge in [0.05, 0.1) is 12.5 Å². The summed E-state index contributed by atoms with van der Waals surface area (Å²) >= 11 is 0. The fourth-order valence-electron chi connectivity index (χ4n) is 2.98. The highest BCUT2D eigenvalue weighted by molar-refractivity contribution is 5.73. The van der Waals surface area contributed by atoms with Crippen LogP contribution in [0.25, 0.3) is 0 Å². The molecule has 0 spiro atoms. The third kappa shape index (κ3) is 2.33. The van der Waals surface area contributed by atoms with E-state index in [2.05, 4.69) is 4.90 Å². The second kappa shape index (κ2) is 4.97. The number of rotatable bonds is 2. The molecule has 0 radical (unpaired) electrons. The summed E-state index contributed by atoms with van der Waals surface area (Å²) in [5.74, 6) is 0.188. The van der Waals surface area contributed by atoms with Crippen molar-refractivity contribution in [3.05, 3.63) is 0 Å². The normalized spacial score (nSPS) is 32.1. The van der Waals surface area contributed by atoms with Gasteiger partial charge in [0.25, 0.3) is 0 Å². The molecule has 0 unspecified atom stereocenters. The number of esters is 1. The van der Waals surface area contributed by atoms with Gasteiger partial charge in [-0.15, -0.1) is 0 Å². The van der Waals surface area contributed by atoms with E-state index in [-0.39, 0.29) is 11.9 Å². The van der Waals surface area contributed by atoms with Gasteiger partial charge in [0.15, 0.2) is 0 Å². The van der Waals surface area contributed by atoms with Crippen LogP contribution in [0.15, 0.2) is 0 Å². The van der Waals surface area contributed by atoms with Crippen molar-refractivity contribution in [1.82, 2.24) is 4.90 Å². The Morgan fingerprint density at radius 1 is 1.27 bits per heavy atom. The molecule has 2 atom stereocenters. The first kappa shape index (κ1) is 10.9. The van der Waals surface area contributed by atoms with Crippen LogP contribution in [0.3, 0.4) is 0 Å². The quantitative estimate of drug-likeness (QED) is 0.652. The van der Waals surface area contributed by atoms with Gasteiger partial charge in [-0.2, -0.15) is 0 Å². The number of carbonyl (C=O) groups excluding carboxylic acids is 1. The second-order valence-corrected chi connectivity index (χ2v) is 4.60. The van der Waals surface area contributed by atoms with Crippen LogP contribution < -0.4 is 0 Å². The van der Waals surface area contributed by atoms with E-state index in [1.165, 1.54) is 32.4 Å². The van der Waals surface area contributed by atoms with Crippen molar-refractivity contribution in [2.45, 2.75) is 45.1 Å². The number of hydrogen-bond acceptors (Lipinski definition) is 3. The molecule has 2 aliphatic heterocycles. The summed E-state index contributed by atoms with van der Waals surface area (Å²) in [6.45, 7) is 4.77. The van der Waals surface area contributed by atoms with Crippen LogP contribution in [0.2, 0.25) is 0 Å². The van der Waals surface area contributed by atoms with Crippen LogP contribution in [0, 0.1) is 5.92 Å². The maximum atomic E-state index is 11.8. The first-order chi connectivity index (χ1) is 7.33. The lowest BCUT2D eigenvalue weighted by Crippen LogP contribution is -2.50. The molecule has 0 amide bonds. The topological polar surface area (TPSA) is 29.5 Å². The third-order valence-corrected chi connectivity index (χ3v) is 3.68. The molecule has 0 aromatic carbocycles. The fraction of sp³-hybridized carbons (Fsp3) is 0.917. The predicted molar refractivity (Wildman–Crippen MR) is 58.6 cm³/mol. The van der Waals surface area contributed by atoms with Gasteiger partial charge in [0.2, 0.25) is 0 Å². The van der Waals surface area contributed by atoms with Crippen LogP contribution in [0.1, 0.15) is 39.0 Å². The summed E-state index contributed by atoms with van der Waals surface area (Å²) in [6.07, 6.45) is 5.94. The molecule has 3 nitrogen and oxygen atoms in total. The Morgan fingerprint density at radius 3 is 2.87 bits per heavy atom. The molecular formula is C12H21NO2. The van der Waals surface area contributed by atoms with Gasteiger partial charge in [0, 0.05) is 6.04 Å². The minimum Gasteiger partial charge on any atom is -0.466 e. The van der Waals surface area contributed by atoms with Crippen molar-refractivity contribution < 1.29 is 9.53 Å². The molecule has 2 fully saturated rings. The summed E-state index contributed by atoms with van der Waals surface area (Å²) in [4.78, 5) is 14.3. The van der Waals surface area contributed by atoms with Gasteiger partial charge < -0.3 is 4.74 Å². The lowest BCUT2D eigenvalue weighted by atomic mass is 9.83. The zero-order chi connectivity index (χ0) is 10.7. The predicted octanol–water partition coefficient (Wildman–Crippen LogP) is 1.81. The van der Waals surface area contributed by atoms with Crippen LogP contribution in [0.5, 0.6) is 0 Å². The summed E-state index contributed by atoms with van der Waals surface area (Å²) < 4.78 is 5.16. The van der Waals surface area contributed by atoms with Gasteiger partial charge in [-0.3, -0.25) is 9.69 Å². The Bertz CT molecular complexity index is 228. The second-order valence-electron chi connectivity index (χ2n) is 4.60. The van der Waals surface area contributed by atoms with Crippen LogP contribution in [0.4, 0.5) is 0 Å². The zero-order valence-electron chi connectivity index (χ0n) is 9.58. The molecule has 3 heteroatoms. The Morgan fingerprint density at radius 2 is 2.07 bits per heavy atom. The van der Waals surface area contributed by atoms with Crippen LogP contribution >= 0.6 is 0 Å². The standard InChI is InChI=1S/C12H21NO2/c1-2-15-12(14)10-6-5-9-13-8-4-3-7-11(10)13/h10-11H,2-9H2,1H3/t10-,11+/m0/s1. The largest absolute Gasteiger partial charge is 0.466 e. The highest BCUT2D eigenvalue weighted by atomic mass is 16.5. The average molecular weight is 211 g/mol. The fourth-order valence-corrected chi connectivity index (χ4v) is 2.98. The molecular weight excluding hydrogens is 190 g/mol. The van der Waals surface area contributed by atoms with Gasteiger partial charge in [0.1, 0.15) is 0 Å². The molecule has 0 aromatic rings. The molecule has 2 rings (SSSR count). The SMILES string of the molecule is CCOC(=O)[C@H]1CCCN2CCCC[C@H]12. The molecule has 0 saturated carbocycles. The minimum absolute atomic E-state index is 0.0362. The smallest absolute Gasteiger partial charge is 0.310 e. The Kier molecular flexibility index (Phi) is 3.62. The minimum atomic E-state index is 0.0362. The first-order valence-corrected chi connectivity index (χ1v) is 6.23. The number of ether oxygens (including phenoxy) is 1. The molecule has 2 saturated heterocycles. The Balaban J connectivity index is 2.00. The molecule has 86 valence electrons. The lowest BCUT2D eigenvalue weighted by Gasteiger charge is -2.43. The van der Waals surface area contributed by atoms with Crippen molar-refractivity contribution in [2.75, 3.05) is 19.7 Å². The number of fused-ring (bicyclic) bond motifs is 1. The van der Waals surface area contributed by atoms with Gasteiger partial charge in [-0.1, -0.05) is 6.42 Å². The maximum Gasteiger partial charge on any atom is 0.310 e. The van der Waals surface area contributed by atoms with Crippen LogP contribution in [-0.4, -0.2) is 36.6 Å². The molecule has 15 heavy (non-hydrogen) atoms. The molecule has 0 aromatic heterocycles. The monoisotopic (exact) mass is 211 g/mol. The summed E-state index contributed by atoms with van der Waals surface area (Å²) in [5.41, 5.74) is 0. The lowest BCUT2D eigenvalue weighted by molar-refractivity contribution is -0.153. The van der Waals surface area contributed by atoms with Crippen molar-refractivity contribution in [3.63, 3.8) is 0 Å². The highest BCUT2D eigenvalue weighted by Crippen LogP contribution is 2.31. The van der Waals surface area contributed by atoms with Gasteiger partial charge in [-0.05, 0) is 45.7 Å². The Labute approximate surface area is 91.8 Å². The molecule has 2 heterocycles. The third-order valence-electron chi connectivity index (χ3n) is 3.68. The van der Waals surface area contributed by atoms with Gasteiger partial charge in [-0.25, -0.2) is 0 Å². The highest BCUT2D eigenvalue weighted by Gasteiger charge is 2.37.